The Bertz CT molecular complexity index is 207. The number of halogens is 1. The number of rotatable bonds is 5. The Labute approximate surface area is 102 Å². The van der Waals surface area contributed by atoms with Crippen molar-refractivity contribution in [2.75, 3.05) is 39.3 Å². The van der Waals surface area contributed by atoms with E-state index >= 15 is 0 Å². The Morgan fingerprint density at radius 1 is 1.50 bits per heavy atom. The molecule has 0 saturated carbocycles. The van der Waals surface area contributed by atoms with Crippen LogP contribution in [0.3, 0.4) is 0 Å². The van der Waals surface area contributed by atoms with Gasteiger partial charge in [-0.15, -0.1) is 11.6 Å². The Balaban J connectivity index is 2.12. The summed E-state index contributed by atoms with van der Waals surface area (Å²) in [7, 11) is 1.76. The van der Waals surface area contributed by atoms with E-state index < -0.39 is 0 Å². The fourth-order valence-electron chi connectivity index (χ4n) is 1.74. The van der Waals surface area contributed by atoms with Gasteiger partial charge in [0, 0.05) is 26.8 Å². The molecule has 94 valence electrons. The van der Waals surface area contributed by atoms with Gasteiger partial charge < -0.3 is 14.4 Å². The van der Waals surface area contributed by atoms with E-state index in [1.807, 2.05) is 0 Å². The molecular weight excluding hydrogens is 230 g/mol. The topological polar surface area (TPSA) is 38.8 Å². The van der Waals surface area contributed by atoms with Crippen LogP contribution in [0, 0.1) is 5.92 Å². The van der Waals surface area contributed by atoms with Gasteiger partial charge in [-0.05, 0) is 25.2 Å². The van der Waals surface area contributed by atoms with Crippen LogP contribution in [-0.2, 0) is 9.47 Å². The first-order valence-electron chi connectivity index (χ1n) is 5.75. The summed E-state index contributed by atoms with van der Waals surface area (Å²) < 4.78 is 10.2. The fourth-order valence-corrected chi connectivity index (χ4v) is 1.82. The second-order valence-electron chi connectivity index (χ2n) is 4.07. The van der Waals surface area contributed by atoms with Crippen molar-refractivity contribution in [1.82, 2.24) is 4.90 Å². The molecule has 0 aromatic carbocycles. The molecule has 1 rings (SSSR count). The van der Waals surface area contributed by atoms with Crippen LogP contribution in [0.15, 0.2) is 0 Å². The van der Waals surface area contributed by atoms with Crippen LogP contribution in [0.25, 0.3) is 0 Å². The zero-order chi connectivity index (χ0) is 11.8. The van der Waals surface area contributed by atoms with Crippen LogP contribution in [0.5, 0.6) is 0 Å². The zero-order valence-corrected chi connectivity index (χ0v) is 10.5. The van der Waals surface area contributed by atoms with Gasteiger partial charge in [0.1, 0.15) is 6.61 Å². The third-order valence-electron chi connectivity index (χ3n) is 2.83. The van der Waals surface area contributed by atoms with Crippen LogP contribution in [0.1, 0.15) is 19.3 Å². The van der Waals surface area contributed by atoms with Crippen LogP contribution < -0.4 is 0 Å². The molecule has 0 aromatic rings. The van der Waals surface area contributed by atoms with Gasteiger partial charge in [0.05, 0.1) is 5.88 Å². The minimum absolute atomic E-state index is 0.280. The molecule has 0 atom stereocenters. The highest BCUT2D eigenvalue weighted by molar-refractivity contribution is 6.18. The van der Waals surface area contributed by atoms with Crippen LogP contribution in [0.4, 0.5) is 4.79 Å². The molecule has 0 bridgehead atoms. The van der Waals surface area contributed by atoms with Crippen molar-refractivity contribution in [2.45, 2.75) is 19.3 Å². The molecule has 16 heavy (non-hydrogen) atoms. The molecule has 0 N–H and O–H groups in total. The number of alkyl halides is 1. The quantitative estimate of drug-likeness (QED) is 0.701. The summed E-state index contributed by atoms with van der Waals surface area (Å²) in [6, 6.07) is 0. The highest BCUT2D eigenvalue weighted by Gasteiger charge is 2.16. The second-order valence-corrected chi connectivity index (χ2v) is 4.45. The summed E-state index contributed by atoms with van der Waals surface area (Å²) in [4.78, 5) is 13.0. The van der Waals surface area contributed by atoms with E-state index in [1.165, 1.54) is 0 Å². The molecule has 0 aromatic heterocycles. The number of hydrogen-bond acceptors (Lipinski definition) is 3. The van der Waals surface area contributed by atoms with Crippen LogP contribution >= 0.6 is 11.6 Å². The molecule has 4 nitrogen and oxygen atoms in total. The smallest absolute Gasteiger partial charge is 0.409 e. The molecule has 0 radical (unpaired) electrons. The molecule has 5 heteroatoms. The van der Waals surface area contributed by atoms with Crippen LogP contribution in [-0.4, -0.2) is 50.3 Å². The van der Waals surface area contributed by atoms with Crippen LogP contribution in [0.2, 0.25) is 0 Å². The molecule has 0 aliphatic carbocycles. The highest BCUT2D eigenvalue weighted by Crippen LogP contribution is 2.18. The minimum Gasteiger partial charge on any atom is -0.448 e. The van der Waals surface area contributed by atoms with Crippen molar-refractivity contribution in [2.24, 2.45) is 5.92 Å². The number of carbonyl (C=O) groups is 1. The van der Waals surface area contributed by atoms with E-state index in [2.05, 4.69) is 0 Å². The summed E-state index contributed by atoms with van der Waals surface area (Å²) >= 11 is 5.44. The van der Waals surface area contributed by atoms with Crippen molar-refractivity contribution in [3.63, 3.8) is 0 Å². The van der Waals surface area contributed by atoms with Gasteiger partial charge in [-0.2, -0.15) is 0 Å². The second kappa shape index (κ2) is 7.74. The maximum absolute atomic E-state index is 11.4. The van der Waals surface area contributed by atoms with E-state index in [4.69, 9.17) is 21.1 Å². The largest absolute Gasteiger partial charge is 0.448 e. The van der Waals surface area contributed by atoms with E-state index in [9.17, 15) is 4.79 Å². The molecule has 1 saturated heterocycles. The van der Waals surface area contributed by atoms with E-state index in [0.717, 1.165) is 39.0 Å². The minimum atomic E-state index is -0.285. The average molecular weight is 250 g/mol. The van der Waals surface area contributed by atoms with E-state index in [1.54, 1.807) is 11.9 Å². The lowest BCUT2D eigenvalue weighted by Gasteiger charge is -2.24. The van der Waals surface area contributed by atoms with Crippen molar-refractivity contribution in [3.05, 3.63) is 0 Å². The Morgan fingerprint density at radius 2 is 2.19 bits per heavy atom. The molecule has 1 fully saturated rings. The predicted molar refractivity (Wildman–Crippen MR) is 62.9 cm³/mol. The Hall–Kier alpha value is -0.480. The highest BCUT2D eigenvalue weighted by atomic mass is 35.5. The molecule has 1 aliphatic rings. The molecule has 1 aliphatic heterocycles. The number of hydrogen-bond donors (Lipinski definition) is 0. The summed E-state index contributed by atoms with van der Waals surface area (Å²) in [6.45, 7) is 2.73. The first-order valence-corrected chi connectivity index (χ1v) is 6.29. The fraction of sp³-hybridized carbons (Fsp3) is 0.909. The summed E-state index contributed by atoms with van der Waals surface area (Å²) in [5.41, 5.74) is 0. The monoisotopic (exact) mass is 249 g/mol. The van der Waals surface area contributed by atoms with Gasteiger partial charge in [0.15, 0.2) is 0 Å². The lowest BCUT2D eigenvalue weighted by atomic mass is 9.96. The predicted octanol–water partition coefficient (Wildman–Crippen LogP) is 2.11. The SMILES string of the molecule is CN(CCC1CCOCC1)C(=O)OCCCl. The number of carbonyl (C=O) groups excluding carboxylic acids is 1. The van der Waals surface area contributed by atoms with Crippen molar-refractivity contribution >= 4 is 17.7 Å². The van der Waals surface area contributed by atoms with Gasteiger partial charge in [-0.1, -0.05) is 0 Å². The number of nitrogens with zero attached hydrogens (tertiary/aromatic N) is 1. The summed E-state index contributed by atoms with van der Waals surface area (Å²) in [5, 5.41) is 0. The summed E-state index contributed by atoms with van der Waals surface area (Å²) in [6.07, 6.45) is 2.94. The van der Waals surface area contributed by atoms with Gasteiger partial charge in [-0.3, -0.25) is 0 Å². The van der Waals surface area contributed by atoms with Gasteiger partial charge >= 0.3 is 6.09 Å². The normalized spacial score (nSPS) is 17.1. The average Bonchev–Trinajstić information content (AvgIpc) is 2.34. The first-order chi connectivity index (χ1) is 7.74. The number of amides is 1. The van der Waals surface area contributed by atoms with E-state index in [-0.39, 0.29) is 12.7 Å². The first kappa shape index (κ1) is 13.6. The molecule has 0 unspecified atom stereocenters. The zero-order valence-electron chi connectivity index (χ0n) is 9.78. The van der Waals surface area contributed by atoms with Gasteiger partial charge in [-0.25, -0.2) is 4.79 Å². The van der Waals surface area contributed by atoms with Crippen molar-refractivity contribution in [1.29, 1.82) is 0 Å². The molecule has 0 spiro atoms. The third-order valence-corrected chi connectivity index (χ3v) is 2.98. The van der Waals surface area contributed by atoms with Crippen molar-refractivity contribution in [3.8, 4) is 0 Å². The maximum Gasteiger partial charge on any atom is 0.409 e. The lowest BCUT2D eigenvalue weighted by molar-refractivity contribution is 0.0596. The molecular formula is C11H20ClNO3. The van der Waals surface area contributed by atoms with Crippen molar-refractivity contribution < 1.29 is 14.3 Å². The Kier molecular flexibility index (Phi) is 6.57. The molecule has 1 heterocycles. The Morgan fingerprint density at radius 3 is 2.81 bits per heavy atom. The third kappa shape index (κ3) is 5.03. The number of ether oxygens (including phenoxy) is 2. The van der Waals surface area contributed by atoms with Gasteiger partial charge in [0.25, 0.3) is 0 Å². The maximum atomic E-state index is 11.4. The standard InChI is InChI=1S/C11H20ClNO3/c1-13(11(14)16-9-5-12)6-2-10-3-7-15-8-4-10/h10H,2-9H2,1H3. The lowest BCUT2D eigenvalue weighted by Crippen LogP contribution is -2.31. The van der Waals surface area contributed by atoms with Gasteiger partial charge in [0.2, 0.25) is 0 Å². The summed E-state index contributed by atoms with van der Waals surface area (Å²) in [5.74, 6) is 1.02. The molecule has 1 amide bonds. The van der Waals surface area contributed by atoms with E-state index in [0.29, 0.717) is 11.8 Å².